The lowest BCUT2D eigenvalue weighted by atomic mass is 10.2. The minimum absolute atomic E-state index is 0.0532. The zero-order valence-corrected chi connectivity index (χ0v) is 17.5. The van der Waals surface area contributed by atoms with Crippen LogP contribution in [0.2, 0.25) is 10.0 Å². The first kappa shape index (κ1) is 22.2. The Hall–Kier alpha value is -3.53. The second-order valence-corrected chi connectivity index (χ2v) is 7.23. The average molecular weight is 461 g/mol. The van der Waals surface area contributed by atoms with E-state index in [2.05, 4.69) is 10.3 Å². The van der Waals surface area contributed by atoms with Crippen molar-refractivity contribution >= 4 is 34.8 Å². The number of H-pyrrole nitrogens is 1. The highest BCUT2D eigenvalue weighted by molar-refractivity contribution is 6.42. The molecule has 0 spiro atoms. The number of benzene rings is 2. The van der Waals surface area contributed by atoms with E-state index in [1.54, 1.807) is 30.3 Å². The number of nitrogens with zero attached hydrogens (tertiary/aromatic N) is 2. The summed E-state index contributed by atoms with van der Waals surface area (Å²) in [4.78, 5) is 37.4. The molecule has 0 bridgehead atoms. The molecule has 3 aromatic rings. The third-order valence-electron chi connectivity index (χ3n) is 4.19. The monoisotopic (exact) mass is 460 g/mol. The van der Waals surface area contributed by atoms with E-state index in [0.717, 1.165) is 0 Å². The number of carbonyl (C=O) groups excluding carboxylic acids is 1. The number of amides is 1. The Morgan fingerprint density at radius 1 is 1.10 bits per heavy atom. The third-order valence-corrected chi connectivity index (χ3v) is 4.93. The van der Waals surface area contributed by atoms with Crippen molar-refractivity contribution in [3.63, 3.8) is 0 Å². The first-order valence-corrected chi connectivity index (χ1v) is 9.66. The van der Waals surface area contributed by atoms with Gasteiger partial charge < -0.3 is 11.1 Å². The summed E-state index contributed by atoms with van der Waals surface area (Å²) in [5.41, 5.74) is 6.70. The van der Waals surface area contributed by atoms with Crippen LogP contribution in [0, 0.1) is 0 Å². The average Bonchev–Trinajstić information content (AvgIpc) is 2.74. The van der Waals surface area contributed by atoms with Gasteiger partial charge in [-0.2, -0.15) is 0 Å². The number of halogens is 2. The largest absolute Gasteiger partial charge is 0.399 e. The van der Waals surface area contributed by atoms with Gasteiger partial charge in [0.1, 0.15) is 0 Å². The lowest BCUT2D eigenvalue weighted by Gasteiger charge is -2.16. The summed E-state index contributed by atoms with van der Waals surface area (Å²) in [6.45, 7) is 0.0532. The molecule has 6 N–H and O–H groups in total. The van der Waals surface area contributed by atoms with Crippen molar-refractivity contribution in [1.82, 2.24) is 14.9 Å². The van der Waals surface area contributed by atoms with Gasteiger partial charge in [0.2, 0.25) is 0 Å². The highest BCUT2D eigenvalue weighted by Crippen LogP contribution is 2.22. The summed E-state index contributed by atoms with van der Waals surface area (Å²) in [6.07, 6.45) is 2.83. The van der Waals surface area contributed by atoms with E-state index in [4.69, 9.17) is 34.8 Å². The van der Waals surface area contributed by atoms with Gasteiger partial charge in [-0.15, -0.1) is 0 Å². The number of nitrogens with one attached hydrogen (secondary N) is 2. The molecule has 0 aliphatic carbocycles. The predicted molar refractivity (Wildman–Crippen MR) is 120 cm³/mol. The molecule has 0 unspecified atom stereocenters. The molecule has 160 valence electrons. The van der Waals surface area contributed by atoms with Gasteiger partial charge in [-0.1, -0.05) is 23.2 Å². The molecule has 0 fully saturated rings. The van der Waals surface area contributed by atoms with Gasteiger partial charge in [-0.3, -0.25) is 24.1 Å². The second-order valence-electron chi connectivity index (χ2n) is 6.42. The highest BCUT2D eigenvalue weighted by atomic mass is 35.5. The fraction of sp³-hybridized carbons (Fsp3) is 0.0500. The number of hydrogen-bond donors (Lipinski definition) is 4. The fourth-order valence-electron chi connectivity index (χ4n) is 2.63. The van der Waals surface area contributed by atoms with Crippen molar-refractivity contribution in [3.05, 3.63) is 103 Å². The van der Waals surface area contributed by atoms with Crippen LogP contribution in [0.15, 0.2) is 76.2 Å². The molecule has 0 aliphatic heterocycles. The molecule has 1 amide bonds. The first-order valence-electron chi connectivity index (χ1n) is 8.90. The molecular weight excluding hydrogens is 443 g/mol. The number of carbonyl (C=O) groups is 1. The SMILES string of the molecule is N/C(=C\N(N)c1ccc(-n2ccc(=O)[nH]c2=O)cc1)CNC(=O)c1ccc(Cl)c(Cl)c1. The van der Waals surface area contributed by atoms with Gasteiger partial charge in [0.25, 0.3) is 11.5 Å². The molecule has 11 heteroatoms. The van der Waals surface area contributed by atoms with Crippen molar-refractivity contribution in [1.29, 1.82) is 0 Å². The van der Waals surface area contributed by atoms with Crippen LogP contribution in [0.5, 0.6) is 0 Å². The molecule has 3 rings (SSSR count). The smallest absolute Gasteiger partial charge is 0.332 e. The van der Waals surface area contributed by atoms with Crippen molar-refractivity contribution in [2.24, 2.45) is 11.6 Å². The van der Waals surface area contributed by atoms with E-state index in [0.29, 0.717) is 27.7 Å². The lowest BCUT2D eigenvalue weighted by Crippen LogP contribution is -2.31. The Kier molecular flexibility index (Phi) is 6.81. The van der Waals surface area contributed by atoms with Crippen LogP contribution in [-0.4, -0.2) is 22.0 Å². The van der Waals surface area contributed by atoms with Gasteiger partial charge in [0, 0.05) is 29.7 Å². The number of anilines is 1. The van der Waals surface area contributed by atoms with Crippen LogP contribution in [0.25, 0.3) is 5.69 Å². The standard InChI is InChI=1S/C20H18Cl2N6O3/c21-16-6-1-12(9-17(16)22)19(30)25-10-13(23)11-28(24)15-4-2-14(3-5-15)27-8-7-18(29)26-20(27)31/h1-9,11H,10,23-24H2,(H,25,30)(H,26,29,31)/b13-11-. The summed E-state index contributed by atoms with van der Waals surface area (Å²) >= 11 is 11.8. The Balaban J connectivity index is 1.64. The Morgan fingerprint density at radius 3 is 2.45 bits per heavy atom. The number of nitrogens with two attached hydrogens (primary N) is 2. The van der Waals surface area contributed by atoms with E-state index >= 15 is 0 Å². The number of aromatic nitrogens is 2. The van der Waals surface area contributed by atoms with Gasteiger partial charge >= 0.3 is 5.69 Å². The normalized spacial score (nSPS) is 11.3. The topological polar surface area (TPSA) is 139 Å². The molecule has 0 saturated heterocycles. The summed E-state index contributed by atoms with van der Waals surface area (Å²) in [7, 11) is 0. The maximum atomic E-state index is 12.2. The van der Waals surface area contributed by atoms with Crippen LogP contribution in [-0.2, 0) is 0 Å². The second kappa shape index (κ2) is 9.52. The highest BCUT2D eigenvalue weighted by Gasteiger charge is 2.09. The van der Waals surface area contributed by atoms with E-state index < -0.39 is 11.2 Å². The van der Waals surface area contributed by atoms with Crippen LogP contribution in [0.3, 0.4) is 0 Å². The van der Waals surface area contributed by atoms with Crippen LogP contribution in [0.4, 0.5) is 5.69 Å². The van der Waals surface area contributed by atoms with Crippen molar-refractivity contribution in [3.8, 4) is 5.69 Å². The van der Waals surface area contributed by atoms with Crippen LogP contribution in [0.1, 0.15) is 10.4 Å². The van der Waals surface area contributed by atoms with Gasteiger partial charge in [0.15, 0.2) is 0 Å². The molecule has 2 aromatic carbocycles. The fourth-order valence-corrected chi connectivity index (χ4v) is 2.92. The quantitative estimate of drug-likeness (QED) is 0.326. The number of hydrazine groups is 1. The van der Waals surface area contributed by atoms with Crippen molar-refractivity contribution in [2.45, 2.75) is 0 Å². The van der Waals surface area contributed by atoms with E-state index in [1.165, 1.54) is 40.2 Å². The molecule has 0 aliphatic rings. The van der Waals surface area contributed by atoms with Crippen molar-refractivity contribution < 1.29 is 4.79 Å². The first-order chi connectivity index (χ1) is 14.7. The number of hydrogen-bond acceptors (Lipinski definition) is 6. The van der Waals surface area contributed by atoms with Crippen molar-refractivity contribution in [2.75, 3.05) is 11.6 Å². The maximum absolute atomic E-state index is 12.2. The van der Waals surface area contributed by atoms with Gasteiger partial charge in [0.05, 0.1) is 28.0 Å². The van der Waals surface area contributed by atoms with Crippen LogP contribution >= 0.6 is 23.2 Å². The van der Waals surface area contributed by atoms with E-state index in [9.17, 15) is 14.4 Å². The van der Waals surface area contributed by atoms with Gasteiger partial charge in [-0.25, -0.2) is 10.6 Å². The molecule has 1 heterocycles. The summed E-state index contributed by atoms with van der Waals surface area (Å²) in [6, 6.07) is 12.5. The van der Waals surface area contributed by atoms with Gasteiger partial charge in [-0.05, 0) is 42.5 Å². The third kappa shape index (κ3) is 5.54. The molecule has 1 aromatic heterocycles. The van der Waals surface area contributed by atoms with Crippen LogP contribution < -0.4 is 33.2 Å². The Labute approximate surface area is 186 Å². The Morgan fingerprint density at radius 2 is 1.81 bits per heavy atom. The summed E-state index contributed by atoms with van der Waals surface area (Å²) < 4.78 is 1.29. The predicted octanol–water partition coefficient (Wildman–Crippen LogP) is 1.74. The molecule has 9 nitrogen and oxygen atoms in total. The molecular formula is C20H18Cl2N6O3. The van der Waals surface area contributed by atoms with E-state index in [1.807, 2.05) is 0 Å². The molecule has 0 radical (unpaired) electrons. The minimum atomic E-state index is -0.549. The lowest BCUT2D eigenvalue weighted by molar-refractivity contribution is 0.0957. The molecule has 0 atom stereocenters. The summed E-state index contributed by atoms with van der Waals surface area (Å²) in [5, 5.41) is 4.57. The molecule has 0 saturated carbocycles. The zero-order chi connectivity index (χ0) is 22.5. The maximum Gasteiger partial charge on any atom is 0.332 e. The Bertz CT molecular complexity index is 1250. The van der Waals surface area contributed by atoms with E-state index in [-0.39, 0.29) is 17.5 Å². The number of rotatable bonds is 6. The molecule has 31 heavy (non-hydrogen) atoms. The zero-order valence-electron chi connectivity index (χ0n) is 16.0. The summed E-state index contributed by atoms with van der Waals surface area (Å²) in [5.74, 6) is 5.64. The number of aromatic amines is 1. The minimum Gasteiger partial charge on any atom is -0.399 e.